The highest BCUT2D eigenvalue weighted by Crippen LogP contribution is 2.21. The van der Waals surface area contributed by atoms with Gasteiger partial charge in [0.05, 0.1) is 5.52 Å². The minimum atomic E-state index is -0.853. The molecule has 1 N–H and O–H groups in total. The largest absolute Gasteiger partial charge is 0.330 e. The fourth-order valence-electron chi connectivity index (χ4n) is 2.49. The lowest BCUT2D eigenvalue weighted by atomic mass is 10.1. The van der Waals surface area contributed by atoms with Gasteiger partial charge in [0.25, 0.3) is 0 Å². The smallest absolute Gasteiger partial charge is 0.184 e. The highest BCUT2D eigenvalue weighted by molar-refractivity contribution is 7.71. The number of hydrogen-bond donors (Lipinski definition) is 1. The molecule has 1 aromatic heterocycles. The third-order valence-corrected chi connectivity index (χ3v) is 3.84. The van der Waals surface area contributed by atoms with Crippen molar-refractivity contribution in [2.24, 2.45) is 0 Å². The first-order chi connectivity index (χ1) is 10.2. The number of nitrogens with zero attached hydrogens (tertiary/aromatic N) is 1. The maximum Gasteiger partial charge on any atom is 0.184 e. The summed E-state index contributed by atoms with van der Waals surface area (Å²) >= 11 is 5.20. The molecule has 0 unspecified atom stereocenters. The minimum Gasteiger partial charge on any atom is -0.330 e. The normalized spacial score (nSPS) is 11.1. The summed E-state index contributed by atoms with van der Waals surface area (Å²) in [6.45, 7) is 0.550. The van der Waals surface area contributed by atoms with Crippen LogP contribution < -0.4 is 0 Å². The lowest BCUT2D eigenvalue weighted by Crippen LogP contribution is -2.02. The predicted molar refractivity (Wildman–Crippen MR) is 81.8 cm³/mol. The average Bonchev–Trinajstić information content (AvgIpc) is 2.81. The molecule has 21 heavy (non-hydrogen) atoms. The van der Waals surface area contributed by atoms with Crippen LogP contribution in [0.25, 0.3) is 11.0 Å². The van der Waals surface area contributed by atoms with Crippen LogP contribution in [-0.4, -0.2) is 9.55 Å². The summed E-state index contributed by atoms with van der Waals surface area (Å²) in [5.74, 6) is -1.70. The van der Waals surface area contributed by atoms with Gasteiger partial charge in [-0.2, -0.15) is 0 Å². The Kier molecular flexibility index (Phi) is 3.84. The van der Waals surface area contributed by atoms with E-state index < -0.39 is 11.6 Å². The van der Waals surface area contributed by atoms with Crippen molar-refractivity contribution in [2.75, 3.05) is 0 Å². The average molecular weight is 304 g/mol. The van der Waals surface area contributed by atoms with E-state index in [1.807, 2.05) is 18.2 Å². The number of aromatic nitrogens is 2. The van der Waals surface area contributed by atoms with Gasteiger partial charge >= 0.3 is 0 Å². The van der Waals surface area contributed by atoms with Crippen LogP contribution in [-0.2, 0) is 13.0 Å². The number of aryl methyl sites for hydroxylation is 2. The standard InChI is InChI=1S/C16H14F2N2S/c17-12-8-9-13-15(14(12)18)20(16(21)19-13)10-4-7-11-5-2-1-3-6-11/h1-3,5-6,8-9H,4,7,10H2,(H,19,21). The molecule has 3 rings (SSSR count). The molecule has 0 radical (unpaired) electrons. The van der Waals surface area contributed by atoms with E-state index in [9.17, 15) is 8.78 Å². The summed E-state index contributed by atoms with van der Waals surface area (Å²) in [4.78, 5) is 2.91. The van der Waals surface area contributed by atoms with Crippen LogP contribution in [0.4, 0.5) is 8.78 Å². The van der Waals surface area contributed by atoms with Gasteiger partial charge in [-0.3, -0.25) is 0 Å². The summed E-state index contributed by atoms with van der Waals surface area (Å²) in [5, 5.41) is 0. The van der Waals surface area contributed by atoms with E-state index in [1.165, 1.54) is 11.6 Å². The van der Waals surface area contributed by atoms with Crippen LogP contribution in [0.2, 0.25) is 0 Å². The van der Waals surface area contributed by atoms with Crippen LogP contribution in [0.15, 0.2) is 42.5 Å². The number of fused-ring (bicyclic) bond motifs is 1. The van der Waals surface area contributed by atoms with Crippen molar-refractivity contribution < 1.29 is 8.78 Å². The van der Waals surface area contributed by atoms with Crippen molar-refractivity contribution in [2.45, 2.75) is 19.4 Å². The Morgan fingerprint density at radius 2 is 1.81 bits per heavy atom. The fourth-order valence-corrected chi connectivity index (χ4v) is 2.78. The number of H-pyrrole nitrogens is 1. The molecule has 0 saturated carbocycles. The lowest BCUT2D eigenvalue weighted by Gasteiger charge is -2.06. The Labute approximate surface area is 126 Å². The molecule has 5 heteroatoms. The summed E-state index contributed by atoms with van der Waals surface area (Å²) < 4.78 is 29.4. The van der Waals surface area contributed by atoms with E-state index in [4.69, 9.17) is 12.2 Å². The van der Waals surface area contributed by atoms with E-state index in [-0.39, 0.29) is 5.52 Å². The third kappa shape index (κ3) is 2.74. The van der Waals surface area contributed by atoms with Crippen molar-refractivity contribution in [1.82, 2.24) is 9.55 Å². The Bertz CT molecular complexity index is 821. The zero-order valence-corrected chi connectivity index (χ0v) is 12.1. The van der Waals surface area contributed by atoms with Crippen LogP contribution in [0.3, 0.4) is 0 Å². The maximum atomic E-state index is 14.0. The first kappa shape index (κ1) is 13.9. The number of halogens is 2. The van der Waals surface area contributed by atoms with Gasteiger partial charge in [0, 0.05) is 6.54 Å². The molecular formula is C16H14F2N2S. The van der Waals surface area contributed by atoms with E-state index in [2.05, 4.69) is 17.1 Å². The van der Waals surface area contributed by atoms with Gasteiger partial charge < -0.3 is 9.55 Å². The first-order valence-corrected chi connectivity index (χ1v) is 7.18. The molecule has 0 saturated heterocycles. The summed E-state index contributed by atoms with van der Waals surface area (Å²) in [7, 11) is 0. The molecule has 0 aliphatic heterocycles. The number of aromatic amines is 1. The molecule has 0 atom stereocenters. The molecule has 0 aliphatic rings. The maximum absolute atomic E-state index is 14.0. The molecule has 2 nitrogen and oxygen atoms in total. The van der Waals surface area contributed by atoms with Crippen LogP contribution in [0.1, 0.15) is 12.0 Å². The minimum absolute atomic E-state index is 0.216. The summed E-state index contributed by atoms with van der Waals surface area (Å²) in [6, 6.07) is 12.7. The van der Waals surface area contributed by atoms with E-state index in [0.717, 1.165) is 18.9 Å². The predicted octanol–water partition coefficient (Wildman–Crippen LogP) is 4.61. The molecule has 3 aromatic rings. The second-order valence-electron chi connectivity index (χ2n) is 4.93. The highest BCUT2D eigenvalue weighted by Gasteiger charge is 2.13. The van der Waals surface area contributed by atoms with Gasteiger partial charge in [0.1, 0.15) is 5.52 Å². The van der Waals surface area contributed by atoms with Crippen LogP contribution in [0.5, 0.6) is 0 Å². The number of rotatable bonds is 4. The monoisotopic (exact) mass is 304 g/mol. The van der Waals surface area contributed by atoms with Gasteiger partial charge in [0.2, 0.25) is 0 Å². The molecule has 0 aliphatic carbocycles. The van der Waals surface area contributed by atoms with E-state index in [1.54, 1.807) is 4.57 Å². The lowest BCUT2D eigenvalue weighted by molar-refractivity contribution is 0.509. The fraction of sp³-hybridized carbons (Fsp3) is 0.188. The van der Waals surface area contributed by atoms with Crippen LogP contribution in [0, 0.1) is 16.4 Å². The van der Waals surface area contributed by atoms with E-state index >= 15 is 0 Å². The second kappa shape index (κ2) is 5.77. The number of nitrogens with one attached hydrogen (secondary N) is 1. The van der Waals surface area contributed by atoms with Gasteiger partial charge in [-0.1, -0.05) is 30.3 Å². The highest BCUT2D eigenvalue weighted by atomic mass is 32.1. The Morgan fingerprint density at radius 1 is 1.05 bits per heavy atom. The molecule has 0 bridgehead atoms. The van der Waals surface area contributed by atoms with Gasteiger partial charge in [-0.15, -0.1) is 0 Å². The molecule has 2 aromatic carbocycles. The summed E-state index contributed by atoms with van der Waals surface area (Å²) in [6.07, 6.45) is 1.67. The molecule has 0 spiro atoms. The topological polar surface area (TPSA) is 20.7 Å². The zero-order chi connectivity index (χ0) is 14.8. The quantitative estimate of drug-likeness (QED) is 0.698. The SMILES string of the molecule is Fc1ccc2[nH]c(=S)n(CCCc3ccccc3)c2c1F. The van der Waals surface area contributed by atoms with Gasteiger partial charge in [-0.25, -0.2) is 8.78 Å². The van der Waals surface area contributed by atoms with E-state index in [0.29, 0.717) is 16.8 Å². The van der Waals surface area contributed by atoms with Crippen molar-refractivity contribution in [3.8, 4) is 0 Å². The van der Waals surface area contributed by atoms with Crippen molar-refractivity contribution >= 4 is 23.3 Å². The van der Waals surface area contributed by atoms with Gasteiger partial charge in [-0.05, 0) is 42.8 Å². The molecular weight excluding hydrogens is 290 g/mol. The second-order valence-corrected chi connectivity index (χ2v) is 5.32. The molecule has 0 fully saturated rings. The number of benzene rings is 2. The molecule has 1 heterocycles. The van der Waals surface area contributed by atoms with Crippen molar-refractivity contribution in [3.05, 3.63) is 64.4 Å². The molecule has 0 amide bonds. The zero-order valence-electron chi connectivity index (χ0n) is 11.3. The number of imidazole rings is 1. The molecule has 108 valence electrons. The van der Waals surface area contributed by atoms with Crippen LogP contribution >= 0.6 is 12.2 Å². The van der Waals surface area contributed by atoms with Gasteiger partial charge in [0.15, 0.2) is 16.4 Å². The first-order valence-electron chi connectivity index (χ1n) is 6.77. The Hall–Kier alpha value is -2.01. The summed E-state index contributed by atoms with van der Waals surface area (Å²) in [5.41, 5.74) is 1.96. The third-order valence-electron chi connectivity index (χ3n) is 3.52. The van der Waals surface area contributed by atoms with Crippen molar-refractivity contribution in [3.63, 3.8) is 0 Å². The Balaban J connectivity index is 1.85. The Morgan fingerprint density at radius 3 is 2.57 bits per heavy atom. The van der Waals surface area contributed by atoms with Crippen molar-refractivity contribution in [1.29, 1.82) is 0 Å². The number of hydrogen-bond acceptors (Lipinski definition) is 1.